The molecule has 7 heteroatoms. The summed E-state index contributed by atoms with van der Waals surface area (Å²) in [6.45, 7) is 1.84. The summed E-state index contributed by atoms with van der Waals surface area (Å²) in [6, 6.07) is 29.4. The van der Waals surface area contributed by atoms with Gasteiger partial charge in [0, 0.05) is 49.5 Å². The zero-order valence-electron chi connectivity index (χ0n) is 28.2. The normalized spacial score (nSPS) is 13.3. The number of hydrogen-bond donors (Lipinski definition) is 0. The molecule has 0 bridgehead atoms. The lowest BCUT2D eigenvalue weighted by Gasteiger charge is -2.23. The van der Waals surface area contributed by atoms with Gasteiger partial charge in [-0.3, -0.25) is 14.4 Å². The summed E-state index contributed by atoms with van der Waals surface area (Å²) in [5.74, 6) is 0.585. The van der Waals surface area contributed by atoms with Crippen LogP contribution >= 0.6 is 11.6 Å². The molecule has 0 radical (unpaired) electrons. The molecule has 50 heavy (non-hydrogen) atoms. The van der Waals surface area contributed by atoms with Gasteiger partial charge in [0.25, 0.3) is 5.56 Å². The minimum absolute atomic E-state index is 0.00551. The Kier molecular flexibility index (Phi) is 10.2. The van der Waals surface area contributed by atoms with Gasteiger partial charge >= 0.3 is 0 Å². The van der Waals surface area contributed by atoms with Crippen LogP contribution in [0.5, 0.6) is 0 Å². The maximum Gasteiger partial charge on any atom is 0.253 e. The summed E-state index contributed by atoms with van der Waals surface area (Å²) in [7, 11) is 1.77. The first kappa shape index (κ1) is 34.3. The summed E-state index contributed by atoms with van der Waals surface area (Å²) in [4.78, 5) is 35.7. The van der Waals surface area contributed by atoms with Gasteiger partial charge in [0.2, 0.25) is 0 Å². The van der Waals surface area contributed by atoms with Crippen molar-refractivity contribution in [2.45, 2.75) is 58.3 Å². The highest BCUT2D eigenvalue weighted by Gasteiger charge is 2.22. The zero-order valence-corrected chi connectivity index (χ0v) is 28.9. The van der Waals surface area contributed by atoms with E-state index in [1.807, 2.05) is 79.9 Å². The second-order valence-electron chi connectivity index (χ2n) is 13.1. The van der Waals surface area contributed by atoms with Crippen molar-refractivity contribution < 1.29 is 9.59 Å². The van der Waals surface area contributed by atoms with Gasteiger partial charge in [-0.05, 0) is 125 Å². The fourth-order valence-electron chi connectivity index (χ4n) is 7.03. The van der Waals surface area contributed by atoms with E-state index in [-0.39, 0.29) is 11.3 Å². The molecule has 2 aliphatic rings. The van der Waals surface area contributed by atoms with Crippen molar-refractivity contribution >= 4 is 23.2 Å². The molecular weight excluding hydrogens is 642 g/mol. The number of nitriles is 2. The third-order valence-electron chi connectivity index (χ3n) is 9.68. The molecule has 7 rings (SSSR count). The molecule has 1 aromatic heterocycles. The number of aryl methyl sites for hydroxylation is 2. The molecule has 0 N–H and O–H groups in total. The van der Waals surface area contributed by atoms with E-state index in [2.05, 4.69) is 24.3 Å². The van der Waals surface area contributed by atoms with E-state index >= 15 is 0 Å². The first-order valence-corrected chi connectivity index (χ1v) is 17.1. The molecule has 0 aliphatic heterocycles. The Morgan fingerprint density at radius 3 is 1.70 bits per heavy atom. The number of rotatable bonds is 5. The Labute approximate surface area is 297 Å². The van der Waals surface area contributed by atoms with Gasteiger partial charge in [-0.1, -0.05) is 54.1 Å². The number of carbonyl (C=O) groups is 2. The number of ketones is 2. The molecular formula is C43H36ClN3O3. The smallest absolute Gasteiger partial charge is 0.253 e. The summed E-state index contributed by atoms with van der Waals surface area (Å²) in [6.07, 6.45) is 7.06. The number of benzene rings is 4. The van der Waals surface area contributed by atoms with Crippen molar-refractivity contribution in [2.24, 2.45) is 7.05 Å². The van der Waals surface area contributed by atoms with E-state index in [1.165, 1.54) is 16.7 Å². The number of aromatic nitrogens is 1. The molecule has 5 aromatic rings. The van der Waals surface area contributed by atoms with E-state index in [4.69, 9.17) is 22.1 Å². The van der Waals surface area contributed by atoms with Crippen molar-refractivity contribution in [3.63, 3.8) is 0 Å². The van der Waals surface area contributed by atoms with Gasteiger partial charge in [-0.2, -0.15) is 10.5 Å². The largest absolute Gasteiger partial charge is 0.318 e. The van der Waals surface area contributed by atoms with Crippen LogP contribution in [0.1, 0.15) is 74.0 Å². The van der Waals surface area contributed by atoms with Crippen LogP contribution in [0.2, 0.25) is 5.02 Å². The van der Waals surface area contributed by atoms with E-state index in [9.17, 15) is 14.4 Å². The first-order chi connectivity index (χ1) is 24.1. The van der Waals surface area contributed by atoms with Gasteiger partial charge in [-0.25, -0.2) is 0 Å². The molecule has 0 amide bonds. The van der Waals surface area contributed by atoms with Crippen LogP contribution in [0, 0.1) is 29.6 Å². The summed E-state index contributed by atoms with van der Waals surface area (Å²) < 4.78 is 1.62. The Balaban J connectivity index is 0.000000182. The Hall–Kier alpha value is -5.56. The number of hydrogen-bond acceptors (Lipinski definition) is 5. The number of pyridine rings is 1. The highest BCUT2D eigenvalue weighted by molar-refractivity contribution is 6.31. The first-order valence-electron chi connectivity index (χ1n) is 16.8. The number of fused-ring (bicyclic) bond motifs is 2. The zero-order chi connectivity index (χ0) is 35.4. The molecule has 0 fully saturated rings. The van der Waals surface area contributed by atoms with Gasteiger partial charge in [-0.15, -0.1) is 0 Å². The fourth-order valence-corrected chi connectivity index (χ4v) is 7.27. The van der Waals surface area contributed by atoms with Gasteiger partial charge in [0.1, 0.15) is 11.6 Å². The monoisotopic (exact) mass is 677 g/mol. The summed E-state index contributed by atoms with van der Waals surface area (Å²) >= 11 is 6.37. The second-order valence-corrected chi connectivity index (χ2v) is 13.5. The third-order valence-corrected chi connectivity index (χ3v) is 10.0. The maximum atomic E-state index is 12.2. The molecule has 248 valence electrons. The lowest BCUT2D eigenvalue weighted by atomic mass is 9.82. The predicted molar refractivity (Wildman–Crippen MR) is 195 cm³/mol. The Morgan fingerprint density at radius 1 is 0.680 bits per heavy atom. The lowest BCUT2D eigenvalue weighted by molar-refractivity contribution is -0.119. The summed E-state index contributed by atoms with van der Waals surface area (Å²) in [5.41, 5.74) is 13.4. The molecule has 0 spiro atoms. The summed E-state index contributed by atoms with van der Waals surface area (Å²) in [5, 5.41) is 18.7. The van der Waals surface area contributed by atoms with Crippen LogP contribution in [0.3, 0.4) is 0 Å². The number of nitrogens with zero attached hydrogens (tertiary/aromatic N) is 3. The molecule has 4 aromatic carbocycles. The van der Waals surface area contributed by atoms with E-state index in [0.717, 1.165) is 69.7 Å². The van der Waals surface area contributed by atoms with E-state index < -0.39 is 0 Å². The van der Waals surface area contributed by atoms with Crippen molar-refractivity contribution in [2.75, 3.05) is 0 Å². The minimum Gasteiger partial charge on any atom is -0.318 e. The highest BCUT2D eigenvalue weighted by Crippen LogP contribution is 2.34. The van der Waals surface area contributed by atoms with Gasteiger partial charge in [0.15, 0.2) is 0 Å². The van der Waals surface area contributed by atoms with Crippen LogP contribution in [0.15, 0.2) is 89.9 Å². The predicted octanol–water partition coefficient (Wildman–Crippen LogP) is 7.74. The Morgan fingerprint density at radius 2 is 1.18 bits per heavy atom. The van der Waals surface area contributed by atoms with E-state index in [0.29, 0.717) is 48.2 Å². The number of Topliss-reactive ketones (excluding diaryl/α,β-unsaturated/α-hetero) is 2. The van der Waals surface area contributed by atoms with Gasteiger partial charge < -0.3 is 4.57 Å². The average Bonchev–Trinajstić information content (AvgIpc) is 3.12. The number of carbonyl (C=O) groups excluding carboxylic acids is 2. The van der Waals surface area contributed by atoms with Crippen LogP contribution in [0.4, 0.5) is 0 Å². The molecule has 0 saturated heterocycles. The third kappa shape index (κ3) is 7.52. The van der Waals surface area contributed by atoms with E-state index in [1.54, 1.807) is 11.6 Å². The molecule has 0 unspecified atom stereocenters. The minimum atomic E-state index is 0.00551. The SMILES string of the molecule is Cc1cc(-c2ccc3c(c2Cc2ccc(C#N)cc2)CCC(=O)C3)cn(C)c1=O.N#Cc1ccc(Cc2c(Cl)ccc3c2CCC(=O)C3)cc1. The van der Waals surface area contributed by atoms with Crippen LogP contribution < -0.4 is 5.56 Å². The highest BCUT2D eigenvalue weighted by atomic mass is 35.5. The molecule has 2 aliphatic carbocycles. The van der Waals surface area contributed by atoms with Crippen LogP contribution in [0.25, 0.3) is 11.1 Å². The van der Waals surface area contributed by atoms with Crippen molar-refractivity contribution in [1.82, 2.24) is 4.57 Å². The molecule has 0 saturated carbocycles. The topological polar surface area (TPSA) is 104 Å². The van der Waals surface area contributed by atoms with Crippen molar-refractivity contribution in [3.05, 3.63) is 162 Å². The standard InChI is InChI=1S/C25H22N2O2.C18H14ClNO/c1-16-11-20(15-27(2)25(16)29)23-9-7-19-13-21(28)8-10-22(19)24(23)12-17-3-5-18(14-26)6-4-17;19-18-8-5-14-10-15(21)6-7-16(14)17(18)9-12-1-3-13(11-20)4-2-12/h3-7,9,11,15H,8,10,12-13H2,1-2H3;1-5,8H,6-7,9-10H2. The second kappa shape index (κ2) is 14.9. The average molecular weight is 678 g/mol. The molecule has 6 nitrogen and oxygen atoms in total. The molecule has 1 heterocycles. The van der Waals surface area contributed by atoms with Crippen molar-refractivity contribution in [3.8, 4) is 23.3 Å². The molecule has 0 atom stereocenters. The van der Waals surface area contributed by atoms with Gasteiger partial charge in [0.05, 0.1) is 23.3 Å². The quantitative estimate of drug-likeness (QED) is 0.189. The Bertz CT molecular complexity index is 2240. The fraction of sp³-hybridized carbons (Fsp3) is 0.233. The lowest BCUT2D eigenvalue weighted by Crippen LogP contribution is -2.19. The van der Waals surface area contributed by atoms with Crippen LogP contribution in [-0.4, -0.2) is 16.1 Å². The van der Waals surface area contributed by atoms with Crippen molar-refractivity contribution in [1.29, 1.82) is 10.5 Å². The van der Waals surface area contributed by atoms with Crippen LogP contribution in [-0.2, 0) is 55.2 Å². The maximum absolute atomic E-state index is 12.2. The number of halogens is 1.